The number of hydrogen-bond acceptors (Lipinski definition) is 2. The molecule has 0 fully saturated rings. The number of aromatic amines is 1. The quantitative estimate of drug-likeness (QED) is 0.884. The summed E-state index contributed by atoms with van der Waals surface area (Å²) in [6.07, 6.45) is -3.81. The van der Waals surface area contributed by atoms with Crippen molar-refractivity contribution in [3.05, 3.63) is 46.2 Å². The Kier molecular flexibility index (Phi) is 3.61. The number of hydrogen-bond donors (Lipinski definition) is 2. The first-order chi connectivity index (χ1) is 8.88. The predicted octanol–water partition coefficient (Wildman–Crippen LogP) is 3.44. The number of halogens is 4. The second kappa shape index (κ2) is 5.04. The van der Waals surface area contributed by atoms with Crippen LogP contribution in [-0.2, 0) is 6.18 Å². The number of nitrogens with one attached hydrogen (secondary N) is 2. The lowest BCUT2D eigenvalue weighted by Gasteiger charge is -2.08. The highest BCUT2D eigenvalue weighted by Gasteiger charge is 2.37. The fraction of sp³-hybridized carbons (Fsp3) is 0.0909. The third-order valence-corrected chi connectivity index (χ3v) is 2.80. The second-order valence-corrected chi connectivity index (χ2v) is 4.53. The van der Waals surface area contributed by atoms with E-state index in [0.717, 1.165) is 10.7 Å². The number of rotatable bonds is 2. The predicted molar refractivity (Wildman–Crippen MR) is 65.7 cm³/mol. The Hall–Kier alpha value is -1.83. The van der Waals surface area contributed by atoms with Crippen LogP contribution >= 0.6 is 15.9 Å². The monoisotopic (exact) mass is 333 g/mol. The van der Waals surface area contributed by atoms with E-state index in [4.69, 9.17) is 0 Å². The molecule has 19 heavy (non-hydrogen) atoms. The summed E-state index contributed by atoms with van der Waals surface area (Å²) in [5, 5.41) is 7.39. The molecular weight excluding hydrogens is 327 g/mol. The van der Waals surface area contributed by atoms with Crippen molar-refractivity contribution in [3.63, 3.8) is 0 Å². The number of amides is 1. The van der Waals surface area contributed by atoms with Gasteiger partial charge in [0.05, 0.1) is 11.8 Å². The van der Waals surface area contributed by atoms with Gasteiger partial charge in [0, 0.05) is 10.2 Å². The van der Waals surface area contributed by atoms with Crippen molar-refractivity contribution in [2.24, 2.45) is 0 Å². The molecule has 1 aromatic heterocycles. The maximum Gasteiger partial charge on any atom is 0.433 e. The smallest absolute Gasteiger partial charge is 0.322 e. The van der Waals surface area contributed by atoms with Gasteiger partial charge >= 0.3 is 6.18 Å². The Morgan fingerprint density at radius 2 is 1.89 bits per heavy atom. The molecule has 0 aliphatic carbocycles. The summed E-state index contributed by atoms with van der Waals surface area (Å²) in [6, 6.07) is 6.45. The fourth-order valence-electron chi connectivity index (χ4n) is 1.41. The highest BCUT2D eigenvalue weighted by atomic mass is 79.9. The average Bonchev–Trinajstić information content (AvgIpc) is 2.81. The van der Waals surface area contributed by atoms with E-state index in [-0.39, 0.29) is 0 Å². The molecule has 0 bridgehead atoms. The topological polar surface area (TPSA) is 57.8 Å². The number of carbonyl (C=O) groups is 1. The maximum absolute atomic E-state index is 12.6. The second-order valence-electron chi connectivity index (χ2n) is 3.62. The van der Waals surface area contributed by atoms with Gasteiger partial charge < -0.3 is 5.32 Å². The third kappa shape index (κ3) is 3.14. The Bertz CT molecular complexity index is 592. The van der Waals surface area contributed by atoms with Crippen molar-refractivity contribution in [1.82, 2.24) is 10.2 Å². The van der Waals surface area contributed by atoms with Gasteiger partial charge in [0.1, 0.15) is 0 Å². The summed E-state index contributed by atoms with van der Waals surface area (Å²) >= 11 is 3.21. The molecule has 0 radical (unpaired) electrons. The molecule has 2 aromatic rings. The van der Waals surface area contributed by atoms with E-state index in [1.54, 1.807) is 29.4 Å². The number of H-pyrrole nitrogens is 1. The van der Waals surface area contributed by atoms with E-state index < -0.39 is 23.3 Å². The molecule has 0 atom stereocenters. The minimum absolute atomic E-state index is 0.391. The Morgan fingerprint density at radius 3 is 2.47 bits per heavy atom. The van der Waals surface area contributed by atoms with Gasteiger partial charge in [-0.2, -0.15) is 18.3 Å². The summed E-state index contributed by atoms with van der Waals surface area (Å²) in [4.78, 5) is 11.7. The van der Waals surface area contributed by atoms with Crippen LogP contribution in [0.25, 0.3) is 0 Å². The highest BCUT2D eigenvalue weighted by Crippen LogP contribution is 2.30. The number of aromatic nitrogens is 2. The molecular formula is C11H7BrF3N3O. The van der Waals surface area contributed by atoms with Crippen LogP contribution in [0.3, 0.4) is 0 Å². The van der Waals surface area contributed by atoms with Crippen molar-refractivity contribution < 1.29 is 18.0 Å². The van der Waals surface area contributed by atoms with Gasteiger partial charge in [0.15, 0.2) is 5.69 Å². The summed E-state index contributed by atoms with van der Waals surface area (Å²) < 4.78 is 38.5. The Morgan fingerprint density at radius 1 is 1.26 bits per heavy atom. The Balaban J connectivity index is 2.21. The third-order valence-electron chi connectivity index (χ3n) is 2.27. The number of alkyl halides is 3. The van der Waals surface area contributed by atoms with Crippen LogP contribution in [0, 0.1) is 0 Å². The molecule has 0 saturated carbocycles. The van der Waals surface area contributed by atoms with Gasteiger partial charge in [-0.05, 0) is 24.3 Å². The van der Waals surface area contributed by atoms with E-state index in [0.29, 0.717) is 5.69 Å². The molecule has 0 aliphatic heterocycles. The molecule has 8 heteroatoms. The molecule has 0 spiro atoms. The first-order valence-electron chi connectivity index (χ1n) is 5.05. The zero-order valence-corrected chi connectivity index (χ0v) is 10.8. The van der Waals surface area contributed by atoms with Gasteiger partial charge in [-0.1, -0.05) is 15.9 Å². The number of carbonyl (C=O) groups excluding carboxylic acids is 1. The summed E-state index contributed by atoms with van der Waals surface area (Å²) in [5.74, 6) is -0.872. The largest absolute Gasteiger partial charge is 0.433 e. The molecule has 1 aromatic carbocycles. The van der Waals surface area contributed by atoms with Crippen molar-refractivity contribution in [3.8, 4) is 0 Å². The fourth-order valence-corrected chi connectivity index (χ4v) is 1.67. The standard InChI is InChI=1S/C11H7BrF3N3O/c12-6-1-3-7(4-2-6)17-10(19)8-5-16-18-9(8)11(13,14)15/h1-5H,(H,16,18)(H,17,19). The molecule has 2 N–H and O–H groups in total. The van der Waals surface area contributed by atoms with Crippen LogP contribution in [-0.4, -0.2) is 16.1 Å². The normalized spacial score (nSPS) is 11.4. The van der Waals surface area contributed by atoms with Crippen molar-refractivity contribution >= 4 is 27.5 Å². The zero-order chi connectivity index (χ0) is 14.0. The van der Waals surface area contributed by atoms with E-state index in [2.05, 4.69) is 26.3 Å². The molecule has 0 aliphatic rings. The van der Waals surface area contributed by atoms with Crippen molar-refractivity contribution in [2.45, 2.75) is 6.18 Å². The van der Waals surface area contributed by atoms with Gasteiger partial charge in [0.25, 0.3) is 5.91 Å². The van der Waals surface area contributed by atoms with Crippen LogP contribution < -0.4 is 5.32 Å². The summed E-state index contributed by atoms with van der Waals surface area (Å²) in [6.45, 7) is 0. The van der Waals surface area contributed by atoms with Gasteiger partial charge in [0.2, 0.25) is 0 Å². The van der Waals surface area contributed by atoms with Crippen LogP contribution in [0.2, 0.25) is 0 Å². The van der Waals surface area contributed by atoms with Gasteiger partial charge in [-0.15, -0.1) is 0 Å². The van der Waals surface area contributed by atoms with E-state index in [9.17, 15) is 18.0 Å². The minimum atomic E-state index is -4.65. The lowest BCUT2D eigenvalue weighted by molar-refractivity contribution is -0.141. The van der Waals surface area contributed by atoms with Gasteiger partial charge in [-0.25, -0.2) is 0 Å². The SMILES string of the molecule is O=C(Nc1ccc(Br)cc1)c1cn[nH]c1C(F)(F)F. The number of anilines is 1. The Labute approximate surface area is 114 Å². The van der Waals surface area contributed by atoms with Crippen LogP contribution in [0.15, 0.2) is 34.9 Å². The van der Waals surface area contributed by atoms with Crippen LogP contribution in [0.1, 0.15) is 16.1 Å². The van der Waals surface area contributed by atoms with E-state index in [1.165, 1.54) is 0 Å². The minimum Gasteiger partial charge on any atom is -0.322 e. The molecule has 4 nitrogen and oxygen atoms in total. The molecule has 1 heterocycles. The van der Waals surface area contributed by atoms with Crippen molar-refractivity contribution in [1.29, 1.82) is 0 Å². The zero-order valence-electron chi connectivity index (χ0n) is 9.25. The summed E-state index contributed by atoms with van der Waals surface area (Å²) in [5.41, 5.74) is -1.32. The van der Waals surface area contributed by atoms with E-state index in [1.807, 2.05) is 0 Å². The molecule has 2 rings (SSSR count). The average molecular weight is 334 g/mol. The first-order valence-corrected chi connectivity index (χ1v) is 5.84. The molecule has 100 valence electrons. The maximum atomic E-state index is 12.6. The number of benzene rings is 1. The van der Waals surface area contributed by atoms with Crippen LogP contribution in [0.5, 0.6) is 0 Å². The molecule has 0 unspecified atom stereocenters. The molecule has 0 saturated heterocycles. The van der Waals surface area contributed by atoms with Crippen LogP contribution in [0.4, 0.5) is 18.9 Å². The number of nitrogens with zero attached hydrogens (tertiary/aromatic N) is 1. The van der Waals surface area contributed by atoms with Crippen molar-refractivity contribution in [2.75, 3.05) is 5.32 Å². The summed E-state index contributed by atoms with van der Waals surface area (Å²) in [7, 11) is 0. The lowest BCUT2D eigenvalue weighted by atomic mass is 10.2. The lowest BCUT2D eigenvalue weighted by Crippen LogP contribution is -2.17. The van der Waals surface area contributed by atoms with E-state index >= 15 is 0 Å². The van der Waals surface area contributed by atoms with Gasteiger partial charge in [-0.3, -0.25) is 9.89 Å². The first kappa shape index (κ1) is 13.6. The highest BCUT2D eigenvalue weighted by molar-refractivity contribution is 9.10. The molecule has 1 amide bonds.